The van der Waals surface area contributed by atoms with Crippen LogP contribution >= 0.6 is 11.6 Å². The van der Waals surface area contributed by atoms with Gasteiger partial charge in [0.1, 0.15) is 17.6 Å². The Morgan fingerprint density at radius 1 is 1.42 bits per heavy atom. The fraction of sp³-hybridized carbons (Fsp3) is 0.417. The van der Waals surface area contributed by atoms with Crippen molar-refractivity contribution in [1.82, 2.24) is 19.7 Å². The number of hydrogen-bond acceptors (Lipinski definition) is 5. The van der Waals surface area contributed by atoms with Crippen LogP contribution in [-0.2, 0) is 24.9 Å². The summed E-state index contributed by atoms with van der Waals surface area (Å²) in [5.41, 5.74) is 1.10. The molecule has 2 aromatic heterocycles. The van der Waals surface area contributed by atoms with Gasteiger partial charge < -0.3 is 9.64 Å². The Morgan fingerprint density at radius 2 is 2.21 bits per heavy atom. The molecule has 0 bridgehead atoms. The monoisotopic (exact) mass is 281 g/mol. The summed E-state index contributed by atoms with van der Waals surface area (Å²) in [6.45, 7) is 1.04. The van der Waals surface area contributed by atoms with E-state index in [9.17, 15) is 0 Å². The van der Waals surface area contributed by atoms with E-state index in [1.54, 1.807) is 17.9 Å². The number of hydrogen-bond donors (Lipinski definition) is 0. The van der Waals surface area contributed by atoms with Gasteiger partial charge in [-0.25, -0.2) is 9.97 Å². The van der Waals surface area contributed by atoms with E-state index >= 15 is 0 Å². The van der Waals surface area contributed by atoms with Gasteiger partial charge in [-0.3, -0.25) is 4.68 Å². The number of nitrogens with zero attached hydrogens (tertiary/aromatic N) is 5. The van der Waals surface area contributed by atoms with Crippen molar-refractivity contribution >= 4 is 17.4 Å². The molecule has 0 atom stereocenters. The van der Waals surface area contributed by atoms with E-state index in [2.05, 4.69) is 15.1 Å². The van der Waals surface area contributed by atoms with E-state index in [-0.39, 0.29) is 0 Å². The Labute approximate surface area is 117 Å². The van der Waals surface area contributed by atoms with Crippen LogP contribution in [0.15, 0.2) is 18.5 Å². The van der Waals surface area contributed by atoms with Crippen molar-refractivity contribution < 1.29 is 4.74 Å². The summed E-state index contributed by atoms with van der Waals surface area (Å²) in [6, 6.07) is 1.73. The van der Waals surface area contributed by atoms with Crippen LogP contribution in [0, 0.1) is 0 Å². The summed E-state index contributed by atoms with van der Waals surface area (Å²) in [7, 11) is 5.44. The van der Waals surface area contributed by atoms with Gasteiger partial charge in [0.25, 0.3) is 0 Å². The second-order valence-electron chi connectivity index (χ2n) is 4.28. The average molecular weight is 282 g/mol. The second-order valence-corrected chi connectivity index (χ2v) is 4.66. The van der Waals surface area contributed by atoms with Gasteiger partial charge in [-0.2, -0.15) is 5.10 Å². The summed E-state index contributed by atoms with van der Waals surface area (Å²) in [4.78, 5) is 10.5. The summed E-state index contributed by atoms with van der Waals surface area (Å²) in [5, 5.41) is 4.55. The minimum Gasteiger partial charge on any atom is -0.377 e. The molecular formula is C12H16ClN5O. The Bertz CT molecular complexity index is 557. The van der Waals surface area contributed by atoms with Crippen molar-refractivity contribution in [3.05, 3.63) is 35.0 Å². The molecular weight excluding hydrogens is 266 g/mol. The molecule has 0 N–H and O–H groups in total. The van der Waals surface area contributed by atoms with Gasteiger partial charge in [-0.15, -0.1) is 0 Å². The molecule has 0 saturated heterocycles. The summed E-state index contributed by atoms with van der Waals surface area (Å²) in [6.07, 6.45) is 3.80. The zero-order valence-corrected chi connectivity index (χ0v) is 11.9. The van der Waals surface area contributed by atoms with Gasteiger partial charge in [0.2, 0.25) is 0 Å². The van der Waals surface area contributed by atoms with Gasteiger partial charge in [0, 0.05) is 45.6 Å². The highest BCUT2D eigenvalue weighted by Gasteiger charge is 2.09. The lowest BCUT2D eigenvalue weighted by Crippen LogP contribution is -2.18. The van der Waals surface area contributed by atoms with Gasteiger partial charge in [-0.1, -0.05) is 11.6 Å². The molecule has 0 saturated carbocycles. The fourth-order valence-electron chi connectivity index (χ4n) is 1.75. The summed E-state index contributed by atoms with van der Waals surface area (Å²) >= 11 is 5.99. The smallest absolute Gasteiger partial charge is 0.158 e. The molecule has 2 heterocycles. The first-order valence-electron chi connectivity index (χ1n) is 5.79. The minimum absolute atomic E-state index is 0.342. The van der Waals surface area contributed by atoms with Crippen molar-refractivity contribution in [2.45, 2.75) is 13.2 Å². The normalized spacial score (nSPS) is 10.7. The zero-order valence-electron chi connectivity index (χ0n) is 11.2. The Balaban J connectivity index is 2.15. The summed E-state index contributed by atoms with van der Waals surface area (Å²) < 4.78 is 6.79. The van der Waals surface area contributed by atoms with Crippen LogP contribution in [0.3, 0.4) is 0 Å². The topological polar surface area (TPSA) is 56.1 Å². The Hall–Kier alpha value is -1.66. The SMILES string of the molecule is COCc1nc(Cl)cc(N(C)Cc2cnn(C)c2)n1. The minimum atomic E-state index is 0.342. The van der Waals surface area contributed by atoms with Crippen molar-refractivity contribution in [2.75, 3.05) is 19.1 Å². The third kappa shape index (κ3) is 3.65. The van der Waals surface area contributed by atoms with E-state index < -0.39 is 0 Å². The zero-order chi connectivity index (χ0) is 13.8. The molecule has 0 radical (unpaired) electrons. The van der Waals surface area contributed by atoms with E-state index in [0.29, 0.717) is 24.1 Å². The first kappa shape index (κ1) is 13.8. The van der Waals surface area contributed by atoms with E-state index in [1.807, 2.05) is 31.4 Å². The lowest BCUT2D eigenvalue weighted by atomic mass is 10.3. The quantitative estimate of drug-likeness (QED) is 0.780. The Kier molecular flexibility index (Phi) is 4.34. The lowest BCUT2D eigenvalue weighted by Gasteiger charge is -2.17. The predicted molar refractivity (Wildman–Crippen MR) is 73.1 cm³/mol. The highest BCUT2D eigenvalue weighted by Crippen LogP contribution is 2.17. The molecule has 19 heavy (non-hydrogen) atoms. The first-order chi connectivity index (χ1) is 9.08. The number of ether oxygens (including phenoxy) is 1. The summed E-state index contributed by atoms with van der Waals surface area (Å²) in [5.74, 6) is 1.33. The average Bonchev–Trinajstić information content (AvgIpc) is 2.74. The van der Waals surface area contributed by atoms with Gasteiger partial charge in [-0.05, 0) is 0 Å². The largest absolute Gasteiger partial charge is 0.377 e. The Morgan fingerprint density at radius 3 is 2.84 bits per heavy atom. The molecule has 7 heteroatoms. The fourth-order valence-corrected chi connectivity index (χ4v) is 1.94. The number of halogens is 1. The molecule has 0 amide bonds. The van der Waals surface area contributed by atoms with Crippen molar-refractivity contribution in [2.24, 2.45) is 7.05 Å². The highest BCUT2D eigenvalue weighted by molar-refractivity contribution is 6.29. The van der Waals surface area contributed by atoms with Gasteiger partial charge >= 0.3 is 0 Å². The molecule has 102 valence electrons. The molecule has 2 rings (SSSR count). The maximum atomic E-state index is 5.99. The third-order valence-corrected chi connectivity index (χ3v) is 2.76. The van der Waals surface area contributed by atoms with Gasteiger partial charge in [0.05, 0.1) is 6.20 Å². The van der Waals surface area contributed by atoms with Crippen LogP contribution in [0.2, 0.25) is 5.15 Å². The molecule has 2 aromatic rings. The van der Waals surface area contributed by atoms with Crippen LogP contribution in [0.25, 0.3) is 0 Å². The van der Waals surface area contributed by atoms with Crippen molar-refractivity contribution in [3.8, 4) is 0 Å². The number of rotatable bonds is 5. The van der Waals surface area contributed by atoms with Crippen LogP contribution in [-0.4, -0.2) is 33.9 Å². The standard InChI is InChI=1S/C12H16ClN5O/c1-17(6-9-5-14-18(2)7-9)12-4-10(13)15-11(16-12)8-19-3/h4-5,7H,6,8H2,1-3H3. The maximum absolute atomic E-state index is 5.99. The van der Waals surface area contributed by atoms with Crippen LogP contribution < -0.4 is 4.90 Å². The maximum Gasteiger partial charge on any atom is 0.158 e. The third-order valence-electron chi connectivity index (χ3n) is 2.57. The molecule has 0 aliphatic carbocycles. The van der Waals surface area contributed by atoms with Crippen molar-refractivity contribution in [3.63, 3.8) is 0 Å². The van der Waals surface area contributed by atoms with E-state index in [0.717, 1.165) is 11.4 Å². The van der Waals surface area contributed by atoms with Gasteiger partial charge in [0.15, 0.2) is 5.82 Å². The lowest BCUT2D eigenvalue weighted by molar-refractivity contribution is 0.178. The van der Waals surface area contributed by atoms with Crippen LogP contribution in [0.1, 0.15) is 11.4 Å². The van der Waals surface area contributed by atoms with E-state index in [4.69, 9.17) is 16.3 Å². The van der Waals surface area contributed by atoms with E-state index in [1.165, 1.54) is 0 Å². The molecule has 0 aromatic carbocycles. The molecule has 6 nitrogen and oxygen atoms in total. The van der Waals surface area contributed by atoms with Crippen LogP contribution in [0.4, 0.5) is 5.82 Å². The number of aryl methyl sites for hydroxylation is 1. The highest BCUT2D eigenvalue weighted by atomic mass is 35.5. The number of aromatic nitrogens is 4. The van der Waals surface area contributed by atoms with Crippen molar-refractivity contribution in [1.29, 1.82) is 0 Å². The number of anilines is 1. The molecule has 0 fully saturated rings. The van der Waals surface area contributed by atoms with Crippen LogP contribution in [0.5, 0.6) is 0 Å². The molecule has 0 aliphatic heterocycles. The number of methoxy groups -OCH3 is 1. The second kappa shape index (κ2) is 5.99. The molecule has 0 spiro atoms. The molecule has 0 aliphatic rings. The molecule has 0 unspecified atom stereocenters. The predicted octanol–water partition coefficient (Wildman–Crippen LogP) is 1.65. The first-order valence-corrected chi connectivity index (χ1v) is 6.17.